The number of hydrogen-bond acceptors (Lipinski definition) is 4. The van der Waals surface area contributed by atoms with Crippen molar-refractivity contribution in [1.82, 2.24) is 0 Å². The van der Waals surface area contributed by atoms with E-state index in [1.807, 2.05) is 0 Å². The molecule has 0 aromatic rings. The quantitative estimate of drug-likeness (QED) is 0.380. The molecule has 1 rings (SSSR count). The van der Waals surface area contributed by atoms with Crippen LogP contribution in [-0.2, 0) is 19.1 Å². The lowest BCUT2D eigenvalue weighted by molar-refractivity contribution is -0.150. The summed E-state index contributed by atoms with van der Waals surface area (Å²) in [6.45, 7) is 3.20. The molecule has 0 amide bonds. The van der Waals surface area contributed by atoms with Crippen molar-refractivity contribution in [3.05, 3.63) is 23.8 Å². The van der Waals surface area contributed by atoms with Gasteiger partial charge in [-0.15, -0.1) is 0 Å². The first-order valence-electron chi connectivity index (χ1n) is 3.77. The van der Waals surface area contributed by atoms with Crippen LogP contribution in [0, 0.1) is 0 Å². The van der Waals surface area contributed by atoms with Crippen LogP contribution < -0.4 is 0 Å². The van der Waals surface area contributed by atoms with Crippen LogP contribution in [0.3, 0.4) is 0 Å². The average Bonchev–Trinajstić information content (AvgIpc) is 2.30. The summed E-state index contributed by atoms with van der Waals surface area (Å²) < 4.78 is 4.10. The van der Waals surface area contributed by atoms with Crippen molar-refractivity contribution in [2.75, 3.05) is 0 Å². The van der Waals surface area contributed by atoms with Gasteiger partial charge in [-0.2, -0.15) is 0 Å². The van der Waals surface area contributed by atoms with E-state index in [9.17, 15) is 14.4 Å². The van der Waals surface area contributed by atoms with Gasteiger partial charge in [0.1, 0.15) is 0 Å². The number of esters is 2. The third-order valence-corrected chi connectivity index (χ3v) is 1.16. The average molecular weight is 198 g/mol. The monoisotopic (exact) mass is 198 g/mol. The van der Waals surface area contributed by atoms with E-state index in [1.165, 1.54) is 19.1 Å². The van der Waals surface area contributed by atoms with Crippen molar-refractivity contribution in [3.8, 4) is 0 Å². The zero-order valence-corrected chi connectivity index (χ0v) is 7.81. The fourth-order valence-electron chi connectivity index (χ4n) is 0.580. The van der Waals surface area contributed by atoms with Crippen molar-refractivity contribution >= 4 is 17.9 Å². The normalized spacial score (nSPS) is 14.6. The van der Waals surface area contributed by atoms with E-state index >= 15 is 0 Å². The highest BCUT2D eigenvalue weighted by atomic mass is 16.6. The number of carboxylic acids is 1. The van der Waals surface area contributed by atoms with Gasteiger partial charge >= 0.3 is 17.9 Å². The lowest BCUT2D eigenvalue weighted by atomic mass is 10.3. The Morgan fingerprint density at radius 2 is 2.07 bits per heavy atom. The van der Waals surface area contributed by atoms with Gasteiger partial charge in [-0.05, 0) is 13.8 Å². The van der Waals surface area contributed by atoms with Crippen LogP contribution in [0.2, 0.25) is 0 Å². The van der Waals surface area contributed by atoms with E-state index in [4.69, 9.17) is 5.11 Å². The van der Waals surface area contributed by atoms with Crippen molar-refractivity contribution in [3.63, 3.8) is 0 Å². The van der Waals surface area contributed by atoms with Crippen LogP contribution in [0.5, 0.6) is 0 Å². The fourth-order valence-corrected chi connectivity index (χ4v) is 0.580. The van der Waals surface area contributed by atoms with Crippen molar-refractivity contribution < 1.29 is 24.2 Å². The first-order chi connectivity index (χ1) is 6.47. The first kappa shape index (κ1) is 12.1. The Morgan fingerprint density at radius 3 is 2.14 bits per heavy atom. The standard InChI is InChI=1S/C5H4O3.C4H6O2/c1-3-2-4(6)8-5(3)7;1-2-3-4(5)6/h2H,1H3;2-3H,1H3,(H,5,6). The second-order valence-corrected chi connectivity index (χ2v) is 2.37. The van der Waals surface area contributed by atoms with Gasteiger partial charge < -0.3 is 9.84 Å². The maximum Gasteiger partial charge on any atom is 0.341 e. The Kier molecular flexibility index (Phi) is 4.91. The second kappa shape index (κ2) is 5.69. The molecule has 0 fully saturated rings. The summed E-state index contributed by atoms with van der Waals surface area (Å²) in [5.74, 6) is -1.99. The molecule has 1 N–H and O–H groups in total. The molecule has 0 saturated heterocycles. The number of hydrogen-bond donors (Lipinski definition) is 1. The largest absolute Gasteiger partial charge is 0.478 e. The molecule has 0 atom stereocenters. The Morgan fingerprint density at radius 1 is 1.50 bits per heavy atom. The Hall–Kier alpha value is -1.91. The molecule has 0 aromatic heterocycles. The molecular weight excluding hydrogens is 188 g/mol. The van der Waals surface area contributed by atoms with Crippen LogP contribution in [-0.4, -0.2) is 23.0 Å². The van der Waals surface area contributed by atoms with Crippen molar-refractivity contribution in [1.29, 1.82) is 0 Å². The third kappa shape index (κ3) is 4.87. The zero-order valence-electron chi connectivity index (χ0n) is 7.81. The van der Waals surface area contributed by atoms with Gasteiger partial charge in [0.25, 0.3) is 0 Å². The van der Waals surface area contributed by atoms with Gasteiger partial charge in [-0.25, -0.2) is 14.4 Å². The number of carbonyl (C=O) groups excluding carboxylic acids is 2. The van der Waals surface area contributed by atoms with E-state index in [0.29, 0.717) is 5.57 Å². The second-order valence-electron chi connectivity index (χ2n) is 2.37. The lowest BCUT2D eigenvalue weighted by Gasteiger charge is -1.83. The molecule has 0 aliphatic carbocycles. The number of ether oxygens (including phenoxy) is 1. The minimum Gasteiger partial charge on any atom is -0.478 e. The van der Waals surface area contributed by atoms with Crippen molar-refractivity contribution in [2.45, 2.75) is 13.8 Å². The van der Waals surface area contributed by atoms with E-state index in [-0.39, 0.29) is 0 Å². The molecule has 1 aliphatic rings. The molecule has 5 nitrogen and oxygen atoms in total. The lowest BCUT2D eigenvalue weighted by Crippen LogP contribution is -1.99. The van der Waals surface area contributed by atoms with E-state index in [1.54, 1.807) is 6.92 Å². The molecule has 0 radical (unpaired) electrons. The van der Waals surface area contributed by atoms with Gasteiger partial charge in [0.15, 0.2) is 0 Å². The summed E-state index contributed by atoms with van der Waals surface area (Å²) in [6.07, 6.45) is 3.73. The van der Waals surface area contributed by atoms with Crippen LogP contribution >= 0.6 is 0 Å². The summed E-state index contributed by atoms with van der Waals surface area (Å²) in [5.41, 5.74) is 0.370. The Labute approximate surface area is 80.7 Å². The number of aliphatic carboxylic acids is 1. The molecule has 0 aromatic carbocycles. The summed E-state index contributed by atoms with van der Waals surface area (Å²) >= 11 is 0. The highest BCUT2D eigenvalue weighted by molar-refractivity contribution is 6.08. The predicted molar refractivity (Wildman–Crippen MR) is 47.3 cm³/mol. The Balaban J connectivity index is 0.000000255. The first-order valence-corrected chi connectivity index (χ1v) is 3.77. The van der Waals surface area contributed by atoms with Crippen LogP contribution in [0.25, 0.3) is 0 Å². The molecule has 5 heteroatoms. The van der Waals surface area contributed by atoms with E-state index < -0.39 is 17.9 Å². The maximum absolute atomic E-state index is 10.3. The molecule has 0 bridgehead atoms. The number of carbonyl (C=O) groups is 3. The van der Waals surface area contributed by atoms with Gasteiger partial charge in [-0.1, -0.05) is 6.08 Å². The van der Waals surface area contributed by atoms with Crippen molar-refractivity contribution in [2.24, 2.45) is 0 Å². The molecule has 0 unspecified atom stereocenters. The van der Waals surface area contributed by atoms with Crippen LogP contribution in [0.4, 0.5) is 0 Å². The Bertz CT molecular complexity index is 311. The molecule has 1 heterocycles. The SMILES string of the molecule is CC1=CC(=O)OC1=O.CC=CC(=O)O. The third-order valence-electron chi connectivity index (χ3n) is 1.16. The van der Waals surface area contributed by atoms with Crippen LogP contribution in [0.1, 0.15) is 13.8 Å². The molecule has 0 saturated carbocycles. The summed E-state index contributed by atoms with van der Waals surface area (Å²) in [6, 6.07) is 0. The fraction of sp³-hybridized carbons (Fsp3) is 0.222. The predicted octanol–water partition coefficient (Wildman–Crippen LogP) is 0.663. The summed E-state index contributed by atoms with van der Waals surface area (Å²) in [5, 5.41) is 7.83. The molecule has 14 heavy (non-hydrogen) atoms. The number of cyclic esters (lactones) is 2. The number of allylic oxidation sites excluding steroid dienone is 1. The summed E-state index contributed by atoms with van der Waals surface area (Å²) in [7, 11) is 0. The molecular formula is C9H10O5. The van der Waals surface area contributed by atoms with Gasteiger partial charge in [0.2, 0.25) is 0 Å². The van der Waals surface area contributed by atoms with Gasteiger partial charge in [0.05, 0.1) is 0 Å². The minimum absolute atomic E-state index is 0.370. The maximum atomic E-state index is 10.3. The smallest absolute Gasteiger partial charge is 0.341 e. The van der Waals surface area contributed by atoms with E-state index in [0.717, 1.165) is 6.08 Å². The highest BCUT2D eigenvalue weighted by Crippen LogP contribution is 2.04. The summed E-state index contributed by atoms with van der Waals surface area (Å²) in [4.78, 5) is 29.9. The molecule has 76 valence electrons. The molecule has 0 spiro atoms. The zero-order chi connectivity index (χ0) is 11.1. The highest BCUT2D eigenvalue weighted by Gasteiger charge is 2.18. The minimum atomic E-state index is -0.891. The van der Waals surface area contributed by atoms with E-state index in [2.05, 4.69) is 4.74 Å². The number of rotatable bonds is 1. The van der Waals surface area contributed by atoms with Gasteiger partial charge in [-0.3, -0.25) is 0 Å². The van der Waals surface area contributed by atoms with Gasteiger partial charge in [0, 0.05) is 17.7 Å². The number of carboxylic acid groups (broad SMARTS) is 1. The van der Waals surface area contributed by atoms with Crippen LogP contribution in [0.15, 0.2) is 23.8 Å². The molecule has 1 aliphatic heterocycles. The topological polar surface area (TPSA) is 80.7 Å².